The van der Waals surface area contributed by atoms with E-state index in [0.29, 0.717) is 29.8 Å². The number of piperidine rings is 1. The molecule has 2 aliphatic rings. The van der Waals surface area contributed by atoms with Gasteiger partial charge in [0.25, 0.3) is 5.91 Å². The summed E-state index contributed by atoms with van der Waals surface area (Å²) < 4.78 is 61.0. The third-order valence-corrected chi connectivity index (χ3v) is 8.82. The topological polar surface area (TPSA) is 54.5 Å². The molecule has 2 unspecified atom stereocenters. The van der Waals surface area contributed by atoms with Gasteiger partial charge >= 0.3 is 6.18 Å². The molecule has 0 saturated carbocycles. The van der Waals surface area contributed by atoms with E-state index in [1.165, 1.54) is 30.6 Å². The lowest BCUT2D eigenvalue weighted by Gasteiger charge is -2.44. The zero-order valence-electron chi connectivity index (χ0n) is 22.3. The Hall–Kier alpha value is -2.88. The van der Waals surface area contributed by atoms with Gasteiger partial charge in [-0.1, -0.05) is 41.4 Å². The Bertz CT molecular complexity index is 1390. The molecule has 5 rings (SSSR count). The molecule has 5 nitrogen and oxygen atoms in total. The largest absolute Gasteiger partial charge is 0.482 e. The lowest BCUT2D eigenvalue weighted by atomic mass is 9.73. The zero-order chi connectivity index (χ0) is 29.4. The SMILES string of the molecule is CC(CCNC(=O)c1c(Cl)cncc1Cl)N1CCC(C2(c3ccc(C(F)(F)F)cc3)Cc3c(F)cccc3O2)CC1. The van der Waals surface area contributed by atoms with Crippen molar-refractivity contribution in [2.24, 2.45) is 5.92 Å². The number of hydrogen-bond acceptors (Lipinski definition) is 4. The van der Waals surface area contributed by atoms with Gasteiger partial charge in [0, 0.05) is 42.9 Å². The van der Waals surface area contributed by atoms with Crippen LogP contribution < -0.4 is 10.1 Å². The molecule has 1 fully saturated rings. The lowest BCUT2D eigenvalue weighted by molar-refractivity contribution is -0.137. The summed E-state index contributed by atoms with van der Waals surface area (Å²) in [4.78, 5) is 18.8. The monoisotopic (exact) mass is 609 g/mol. The van der Waals surface area contributed by atoms with Gasteiger partial charge in [-0.3, -0.25) is 9.78 Å². The van der Waals surface area contributed by atoms with Gasteiger partial charge in [-0.2, -0.15) is 13.2 Å². The highest BCUT2D eigenvalue weighted by Crippen LogP contribution is 2.50. The van der Waals surface area contributed by atoms with E-state index in [0.717, 1.165) is 38.1 Å². The molecule has 2 aromatic carbocycles. The predicted molar refractivity (Wildman–Crippen MR) is 149 cm³/mol. The second-order valence-corrected chi connectivity index (χ2v) is 11.5. The number of nitrogens with zero attached hydrogens (tertiary/aromatic N) is 2. The van der Waals surface area contributed by atoms with E-state index in [1.54, 1.807) is 12.1 Å². The van der Waals surface area contributed by atoms with Crippen LogP contribution in [0.1, 0.15) is 53.2 Å². The van der Waals surface area contributed by atoms with Gasteiger partial charge < -0.3 is 15.0 Å². The number of ether oxygens (including phenoxy) is 1. The van der Waals surface area contributed by atoms with Crippen LogP contribution in [0.25, 0.3) is 0 Å². The number of halogens is 6. The Kier molecular flexibility index (Phi) is 8.51. The van der Waals surface area contributed by atoms with E-state index in [4.69, 9.17) is 27.9 Å². The van der Waals surface area contributed by atoms with E-state index in [1.807, 2.05) is 0 Å². The van der Waals surface area contributed by atoms with Crippen molar-refractivity contribution in [1.29, 1.82) is 0 Å². The van der Waals surface area contributed by atoms with Crippen molar-refractivity contribution in [3.05, 3.63) is 93.0 Å². The number of benzene rings is 2. The minimum absolute atomic E-state index is 0.0369. The highest BCUT2D eigenvalue weighted by molar-refractivity contribution is 6.39. The molecule has 1 aromatic heterocycles. The summed E-state index contributed by atoms with van der Waals surface area (Å²) >= 11 is 12.2. The maximum Gasteiger partial charge on any atom is 0.416 e. The van der Waals surface area contributed by atoms with E-state index < -0.39 is 17.3 Å². The number of carbonyl (C=O) groups is 1. The maximum atomic E-state index is 14.7. The van der Waals surface area contributed by atoms with Crippen LogP contribution in [0.5, 0.6) is 5.75 Å². The second kappa shape index (κ2) is 11.8. The van der Waals surface area contributed by atoms with Crippen LogP contribution in [-0.2, 0) is 18.2 Å². The average molecular weight is 610 g/mol. The van der Waals surface area contributed by atoms with Crippen molar-refractivity contribution in [3.63, 3.8) is 0 Å². The fourth-order valence-electron chi connectivity index (χ4n) is 5.97. The molecule has 218 valence electrons. The van der Waals surface area contributed by atoms with Crippen LogP contribution in [0.4, 0.5) is 17.6 Å². The number of carbonyl (C=O) groups excluding carboxylic acids is 1. The van der Waals surface area contributed by atoms with E-state index >= 15 is 0 Å². The number of fused-ring (bicyclic) bond motifs is 1. The van der Waals surface area contributed by atoms with E-state index in [2.05, 4.69) is 22.1 Å². The standard InChI is InChI=1S/C30H29Cl2F4N3O2/c1-18(9-12-38-28(40)27-23(31)16-37-17-24(27)32)39-13-10-20(11-14-39)29(15-22-25(33)3-2-4-26(22)41-29)19-5-7-21(8-6-19)30(34,35)36/h2-8,16-18,20H,9-15H2,1H3,(H,38,40). The molecule has 0 aliphatic carbocycles. The first kappa shape index (κ1) is 29.6. The molecule has 1 amide bonds. The summed E-state index contributed by atoms with van der Waals surface area (Å²) in [7, 11) is 0. The number of amides is 1. The lowest BCUT2D eigenvalue weighted by Crippen LogP contribution is -2.48. The zero-order valence-corrected chi connectivity index (χ0v) is 23.8. The van der Waals surface area contributed by atoms with Crippen LogP contribution in [0.2, 0.25) is 10.0 Å². The van der Waals surface area contributed by atoms with Crippen LogP contribution in [-0.4, -0.2) is 41.5 Å². The predicted octanol–water partition coefficient (Wildman–Crippen LogP) is 7.30. The number of aromatic nitrogens is 1. The van der Waals surface area contributed by atoms with Crippen molar-refractivity contribution in [2.45, 2.75) is 50.4 Å². The molecule has 1 saturated heterocycles. The maximum absolute atomic E-state index is 14.7. The Morgan fingerprint density at radius 1 is 1.12 bits per heavy atom. The molecule has 2 aliphatic heterocycles. The van der Waals surface area contributed by atoms with Crippen LogP contribution in [0.3, 0.4) is 0 Å². The summed E-state index contributed by atoms with van der Waals surface area (Å²) in [5.74, 6) is -0.341. The van der Waals surface area contributed by atoms with Crippen LogP contribution in [0, 0.1) is 11.7 Å². The molecular formula is C30H29Cl2F4N3O2. The second-order valence-electron chi connectivity index (χ2n) is 10.6. The van der Waals surface area contributed by atoms with Gasteiger partial charge in [0.2, 0.25) is 0 Å². The first-order valence-corrected chi connectivity index (χ1v) is 14.2. The molecule has 3 heterocycles. The smallest absolute Gasteiger partial charge is 0.416 e. The van der Waals surface area contributed by atoms with Gasteiger partial charge in [-0.05, 0) is 69.1 Å². The summed E-state index contributed by atoms with van der Waals surface area (Å²) in [5.41, 5.74) is -0.431. The first-order valence-electron chi connectivity index (χ1n) is 13.4. The highest BCUT2D eigenvalue weighted by Gasteiger charge is 2.49. The van der Waals surface area contributed by atoms with Gasteiger partial charge in [0.15, 0.2) is 0 Å². The fraction of sp³-hybridized carbons (Fsp3) is 0.400. The number of likely N-dealkylation sites (tertiary alicyclic amines) is 1. The van der Waals surface area contributed by atoms with Gasteiger partial charge in [0.1, 0.15) is 17.2 Å². The molecule has 0 bridgehead atoms. The summed E-state index contributed by atoms with van der Waals surface area (Å²) in [5, 5.41) is 3.23. The van der Waals surface area contributed by atoms with Crippen LogP contribution >= 0.6 is 23.2 Å². The number of hydrogen-bond donors (Lipinski definition) is 1. The Morgan fingerprint density at radius 2 is 1.78 bits per heavy atom. The van der Waals surface area contributed by atoms with Crippen molar-refractivity contribution in [2.75, 3.05) is 19.6 Å². The van der Waals surface area contributed by atoms with Crippen molar-refractivity contribution >= 4 is 29.1 Å². The number of nitrogens with one attached hydrogen (secondary N) is 1. The Labute approximate surface area is 245 Å². The molecular weight excluding hydrogens is 581 g/mol. The summed E-state index contributed by atoms with van der Waals surface area (Å²) in [6.45, 7) is 3.96. The number of pyridine rings is 1. The van der Waals surface area contributed by atoms with Gasteiger partial charge in [-0.25, -0.2) is 4.39 Å². The molecule has 1 N–H and O–H groups in total. The molecule has 3 aromatic rings. The van der Waals surface area contributed by atoms with E-state index in [-0.39, 0.29) is 45.7 Å². The minimum Gasteiger partial charge on any atom is -0.482 e. The number of rotatable bonds is 7. The Balaban J connectivity index is 1.25. The third kappa shape index (κ3) is 6.03. The quantitative estimate of drug-likeness (QED) is 0.286. The summed E-state index contributed by atoms with van der Waals surface area (Å²) in [6.07, 6.45) is 0.669. The molecule has 0 spiro atoms. The molecule has 0 radical (unpaired) electrons. The molecule has 41 heavy (non-hydrogen) atoms. The normalized spacial score (nSPS) is 20.4. The molecule has 11 heteroatoms. The van der Waals surface area contributed by atoms with Crippen molar-refractivity contribution in [1.82, 2.24) is 15.2 Å². The van der Waals surface area contributed by atoms with Crippen molar-refractivity contribution < 1.29 is 27.1 Å². The highest BCUT2D eigenvalue weighted by atomic mass is 35.5. The first-order chi connectivity index (χ1) is 19.5. The van der Waals surface area contributed by atoms with Gasteiger partial charge in [-0.15, -0.1) is 0 Å². The Morgan fingerprint density at radius 3 is 2.39 bits per heavy atom. The van der Waals surface area contributed by atoms with Crippen LogP contribution in [0.15, 0.2) is 54.9 Å². The van der Waals surface area contributed by atoms with Gasteiger partial charge in [0.05, 0.1) is 21.2 Å². The minimum atomic E-state index is -4.45. The summed E-state index contributed by atoms with van der Waals surface area (Å²) in [6, 6.07) is 9.89. The van der Waals surface area contributed by atoms with Crippen molar-refractivity contribution in [3.8, 4) is 5.75 Å². The average Bonchev–Trinajstić information content (AvgIpc) is 3.35. The van der Waals surface area contributed by atoms with E-state index in [9.17, 15) is 22.4 Å². The number of alkyl halides is 3. The fourth-order valence-corrected chi connectivity index (χ4v) is 6.50. The molecule has 2 atom stereocenters. The third-order valence-electron chi connectivity index (χ3n) is 8.25.